The third-order valence-corrected chi connectivity index (χ3v) is 4.17. The number of carbonyl (C=O) groups is 1. The number of aromatic amines is 1. The summed E-state index contributed by atoms with van der Waals surface area (Å²) >= 11 is 5.40. The fourth-order valence-corrected chi connectivity index (χ4v) is 2.87. The lowest BCUT2D eigenvalue weighted by Gasteiger charge is -2.09. The number of halogens is 4. The predicted octanol–water partition coefficient (Wildman–Crippen LogP) is 3.43. The maximum absolute atomic E-state index is 12.5. The van der Waals surface area contributed by atoms with Crippen LogP contribution in [0.25, 0.3) is 16.9 Å². The van der Waals surface area contributed by atoms with Crippen LogP contribution in [0.4, 0.5) is 18.0 Å². The van der Waals surface area contributed by atoms with Gasteiger partial charge < -0.3 is 9.84 Å². The zero-order valence-electron chi connectivity index (χ0n) is 12.2. The van der Waals surface area contributed by atoms with Crippen molar-refractivity contribution in [3.8, 4) is 11.7 Å². The number of H-pyrrole nitrogens is 1. The Morgan fingerprint density at radius 2 is 2.12 bits per heavy atom. The van der Waals surface area contributed by atoms with Crippen molar-refractivity contribution in [1.82, 2.24) is 19.7 Å². The molecular formula is C13H6ClF3N4O4S. The standard InChI is InChI=1S/C13H6ClF3N4O4S/c14-7-2-8-6(1-9(7)26-13(15,16)17)10(22)20-11(19-8)21-4-5(3-18-21)25-12(23)24/h1-4H,(H,23,24)(H,19,20,22). The van der Waals surface area contributed by atoms with E-state index in [-0.39, 0.29) is 32.5 Å². The summed E-state index contributed by atoms with van der Waals surface area (Å²) in [6.45, 7) is 0. The second kappa shape index (κ2) is 6.53. The third-order valence-electron chi connectivity index (χ3n) is 2.95. The first-order chi connectivity index (χ1) is 12.1. The molecule has 8 nitrogen and oxygen atoms in total. The van der Waals surface area contributed by atoms with Gasteiger partial charge in [-0.1, -0.05) is 11.6 Å². The summed E-state index contributed by atoms with van der Waals surface area (Å²) in [5.41, 5.74) is -5.24. The number of ether oxygens (including phenoxy) is 1. The van der Waals surface area contributed by atoms with E-state index in [2.05, 4.69) is 19.8 Å². The fraction of sp³-hybridized carbons (Fsp3) is 0.0769. The average Bonchev–Trinajstić information content (AvgIpc) is 2.95. The van der Waals surface area contributed by atoms with Crippen LogP contribution in [0, 0.1) is 0 Å². The van der Waals surface area contributed by atoms with Gasteiger partial charge >= 0.3 is 11.7 Å². The van der Waals surface area contributed by atoms with Gasteiger partial charge in [0.15, 0.2) is 5.75 Å². The van der Waals surface area contributed by atoms with Gasteiger partial charge in [-0.25, -0.2) is 14.5 Å². The molecule has 0 aliphatic carbocycles. The van der Waals surface area contributed by atoms with Crippen LogP contribution in [0.5, 0.6) is 5.75 Å². The quantitative estimate of drug-likeness (QED) is 0.506. The maximum Gasteiger partial charge on any atom is 0.511 e. The number of alkyl halides is 3. The molecule has 0 amide bonds. The number of benzene rings is 1. The molecular weight excluding hydrogens is 401 g/mol. The van der Waals surface area contributed by atoms with Crippen molar-refractivity contribution in [2.75, 3.05) is 0 Å². The Morgan fingerprint density at radius 3 is 2.77 bits per heavy atom. The number of carboxylic acid groups (broad SMARTS) is 1. The predicted molar refractivity (Wildman–Crippen MR) is 85.1 cm³/mol. The summed E-state index contributed by atoms with van der Waals surface area (Å²) in [5, 5.41) is 12.0. The van der Waals surface area contributed by atoms with E-state index in [1.54, 1.807) is 0 Å². The Kier molecular flexibility index (Phi) is 4.54. The Balaban J connectivity index is 2.05. The molecule has 0 unspecified atom stereocenters. The molecule has 1 aromatic carbocycles. The zero-order chi connectivity index (χ0) is 19.1. The van der Waals surface area contributed by atoms with E-state index in [0.717, 1.165) is 29.2 Å². The number of rotatable bonds is 3. The van der Waals surface area contributed by atoms with Gasteiger partial charge in [0.05, 0.1) is 28.3 Å². The monoisotopic (exact) mass is 406 g/mol. The zero-order valence-corrected chi connectivity index (χ0v) is 13.8. The van der Waals surface area contributed by atoms with Gasteiger partial charge in [-0.2, -0.15) is 18.3 Å². The third kappa shape index (κ3) is 3.91. The highest BCUT2D eigenvalue weighted by Crippen LogP contribution is 2.41. The number of fused-ring (bicyclic) bond motifs is 1. The van der Waals surface area contributed by atoms with Crippen LogP contribution in [0.3, 0.4) is 0 Å². The van der Waals surface area contributed by atoms with Crippen molar-refractivity contribution in [1.29, 1.82) is 0 Å². The van der Waals surface area contributed by atoms with E-state index in [1.165, 1.54) is 0 Å². The van der Waals surface area contributed by atoms with Crippen LogP contribution >= 0.6 is 23.4 Å². The summed E-state index contributed by atoms with van der Waals surface area (Å²) < 4.78 is 43.0. The lowest BCUT2D eigenvalue weighted by Crippen LogP contribution is -2.14. The van der Waals surface area contributed by atoms with Crippen LogP contribution in [-0.4, -0.2) is 36.5 Å². The van der Waals surface area contributed by atoms with E-state index >= 15 is 0 Å². The molecule has 0 saturated carbocycles. The summed E-state index contributed by atoms with van der Waals surface area (Å²) in [4.78, 5) is 28.7. The molecule has 0 aliphatic rings. The molecule has 3 aromatic rings. The molecule has 136 valence electrons. The van der Waals surface area contributed by atoms with Crippen LogP contribution < -0.4 is 10.3 Å². The normalized spacial score (nSPS) is 11.7. The van der Waals surface area contributed by atoms with Crippen LogP contribution in [-0.2, 0) is 0 Å². The topological polar surface area (TPSA) is 110 Å². The molecule has 0 fully saturated rings. The van der Waals surface area contributed by atoms with E-state index < -0.39 is 29.0 Å². The first kappa shape index (κ1) is 18.1. The van der Waals surface area contributed by atoms with E-state index in [0.29, 0.717) is 0 Å². The molecule has 2 N–H and O–H groups in total. The largest absolute Gasteiger partial charge is 0.511 e. The van der Waals surface area contributed by atoms with Gasteiger partial charge in [-0.05, 0) is 23.9 Å². The van der Waals surface area contributed by atoms with Gasteiger partial charge in [-0.3, -0.25) is 9.78 Å². The Morgan fingerprint density at radius 1 is 1.38 bits per heavy atom. The highest BCUT2D eigenvalue weighted by Gasteiger charge is 2.30. The van der Waals surface area contributed by atoms with Crippen molar-refractivity contribution >= 4 is 40.4 Å². The Hall–Kier alpha value is -2.73. The Bertz CT molecular complexity index is 1070. The van der Waals surface area contributed by atoms with Crippen molar-refractivity contribution in [3.05, 3.63) is 39.9 Å². The second-order valence-electron chi connectivity index (χ2n) is 4.73. The first-order valence-electron chi connectivity index (χ1n) is 6.57. The molecule has 0 bridgehead atoms. The lowest BCUT2D eigenvalue weighted by atomic mass is 10.2. The van der Waals surface area contributed by atoms with Gasteiger partial charge in [0.1, 0.15) is 0 Å². The number of nitrogens with zero attached hydrogens (tertiary/aromatic N) is 3. The minimum atomic E-state index is -4.56. The number of thioether (sulfide) groups is 1. The van der Waals surface area contributed by atoms with Gasteiger partial charge in [0.25, 0.3) is 5.56 Å². The summed E-state index contributed by atoms with van der Waals surface area (Å²) in [7, 11) is 0. The Labute approximate surface area is 150 Å². The molecule has 2 aromatic heterocycles. The van der Waals surface area contributed by atoms with Crippen molar-refractivity contribution in [2.24, 2.45) is 0 Å². The van der Waals surface area contributed by atoms with Crippen molar-refractivity contribution in [3.63, 3.8) is 0 Å². The number of hydrogen-bond acceptors (Lipinski definition) is 6. The second-order valence-corrected chi connectivity index (χ2v) is 6.24. The molecule has 2 heterocycles. The van der Waals surface area contributed by atoms with E-state index in [4.69, 9.17) is 16.7 Å². The minimum Gasteiger partial charge on any atom is -0.449 e. The summed E-state index contributed by atoms with van der Waals surface area (Å²) in [6, 6.07) is 2.12. The highest BCUT2D eigenvalue weighted by molar-refractivity contribution is 8.00. The number of nitrogens with one attached hydrogen (secondary N) is 1. The van der Waals surface area contributed by atoms with Crippen LogP contribution in [0.1, 0.15) is 0 Å². The molecule has 13 heteroatoms. The molecule has 0 radical (unpaired) electrons. The number of hydrogen-bond donors (Lipinski definition) is 2. The molecule has 0 spiro atoms. The smallest absolute Gasteiger partial charge is 0.449 e. The summed E-state index contributed by atoms with van der Waals surface area (Å²) in [6.07, 6.45) is 0.674. The SMILES string of the molecule is O=C(O)Oc1cnn(-c2nc3cc(Cl)c(SC(F)(F)F)cc3c(=O)[nH]2)c1. The minimum absolute atomic E-state index is 0.0384. The fourth-order valence-electron chi connectivity index (χ4n) is 2.02. The van der Waals surface area contributed by atoms with Crippen LogP contribution in [0.2, 0.25) is 5.02 Å². The maximum atomic E-state index is 12.5. The van der Waals surface area contributed by atoms with Gasteiger partial charge in [0, 0.05) is 4.90 Å². The van der Waals surface area contributed by atoms with E-state index in [1.807, 2.05) is 0 Å². The average molecular weight is 407 g/mol. The van der Waals surface area contributed by atoms with Crippen molar-refractivity contribution < 1.29 is 27.8 Å². The lowest BCUT2D eigenvalue weighted by molar-refractivity contribution is -0.0328. The van der Waals surface area contributed by atoms with E-state index in [9.17, 15) is 22.8 Å². The molecule has 0 aliphatic heterocycles. The first-order valence-corrected chi connectivity index (χ1v) is 7.77. The highest BCUT2D eigenvalue weighted by atomic mass is 35.5. The van der Waals surface area contributed by atoms with Crippen molar-refractivity contribution in [2.45, 2.75) is 10.4 Å². The van der Waals surface area contributed by atoms with Crippen LogP contribution in [0.15, 0.2) is 34.2 Å². The summed E-state index contributed by atoms with van der Waals surface area (Å²) in [5.74, 6) is -0.217. The molecule has 3 rings (SSSR count). The molecule has 0 atom stereocenters. The number of aromatic nitrogens is 4. The molecule has 26 heavy (non-hydrogen) atoms. The van der Waals surface area contributed by atoms with Gasteiger partial charge in [0.2, 0.25) is 5.95 Å². The molecule has 0 saturated heterocycles. The van der Waals surface area contributed by atoms with Gasteiger partial charge in [-0.15, -0.1) is 0 Å².